The van der Waals surface area contributed by atoms with E-state index in [-0.39, 0.29) is 24.0 Å². The van der Waals surface area contributed by atoms with Crippen LogP contribution in [-0.2, 0) is 4.74 Å². The molecule has 0 atom stereocenters. The van der Waals surface area contributed by atoms with Crippen LogP contribution in [0.25, 0.3) is 0 Å². The molecule has 5 heteroatoms. The number of nitrogens with zero attached hydrogens (tertiary/aromatic N) is 1. The molecule has 0 bridgehead atoms. The summed E-state index contributed by atoms with van der Waals surface area (Å²) in [6.45, 7) is 5.84. The van der Waals surface area contributed by atoms with Crippen molar-refractivity contribution < 1.29 is 4.74 Å². The third-order valence-corrected chi connectivity index (χ3v) is 4.07. The van der Waals surface area contributed by atoms with Crippen LogP contribution in [0.15, 0.2) is 4.99 Å². The number of ether oxygens (including phenoxy) is 1. The van der Waals surface area contributed by atoms with E-state index in [1.807, 2.05) is 0 Å². The van der Waals surface area contributed by atoms with Gasteiger partial charge < -0.3 is 15.4 Å². The zero-order valence-corrected chi connectivity index (χ0v) is 15.7. The van der Waals surface area contributed by atoms with E-state index in [9.17, 15) is 0 Å². The fourth-order valence-corrected chi connectivity index (χ4v) is 2.62. The van der Waals surface area contributed by atoms with Crippen LogP contribution in [0.3, 0.4) is 0 Å². The second-order valence-electron chi connectivity index (χ2n) is 6.07. The first-order valence-electron chi connectivity index (χ1n) is 8.52. The molecule has 2 aliphatic rings. The predicted molar refractivity (Wildman–Crippen MR) is 99.6 cm³/mol. The first-order chi connectivity index (χ1) is 9.88. The highest BCUT2D eigenvalue weighted by molar-refractivity contribution is 14.0. The molecule has 2 rings (SSSR count). The highest BCUT2D eigenvalue weighted by atomic mass is 127. The van der Waals surface area contributed by atoms with Crippen molar-refractivity contribution in [2.45, 2.75) is 64.4 Å². The van der Waals surface area contributed by atoms with Crippen molar-refractivity contribution in [1.82, 2.24) is 10.6 Å². The third-order valence-electron chi connectivity index (χ3n) is 4.07. The smallest absolute Gasteiger partial charge is 0.191 e. The molecule has 124 valence electrons. The number of hydrogen-bond donors (Lipinski definition) is 2. The average Bonchev–Trinajstić information content (AvgIpc) is 3.29. The number of hydrogen-bond acceptors (Lipinski definition) is 2. The van der Waals surface area contributed by atoms with Crippen LogP contribution in [0.4, 0.5) is 0 Å². The lowest BCUT2D eigenvalue weighted by Gasteiger charge is -2.22. The summed E-state index contributed by atoms with van der Waals surface area (Å²) in [5.74, 6) is 1.82. The minimum Gasteiger partial charge on any atom is -0.378 e. The lowest BCUT2D eigenvalue weighted by Crippen LogP contribution is -2.38. The van der Waals surface area contributed by atoms with Gasteiger partial charge in [0.15, 0.2) is 5.96 Å². The number of aliphatic imine (C=N–C) groups is 1. The topological polar surface area (TPSA) is 45.7 Å². The molecule has 2 N–H and O–H groups in total. The second kappa shape index (κ2) is 11.5. The van der Waals surface area contributed by atoms with Gasteiger partial charge in [0.05, 0.1) is 6.10 Å². The molecule has 0 aromatic heterocycles. The van der Waals surface area contributed by atoms with Gasteiger partial charge >= 0.3 is 0 Å². The van der Waals surface area contributed by atoms with Crippen molar-refractivity contribution in [3.05, 3.63) is 0 Å². The van der Waals surface area contributed by atoms with E-state index < -0.39 is 0 Å². The first-order valence-corrected chi connectivity index (χ1v) is 8.52. The molecule has 0 aromatic carbocycles. The van der Waals surface area contributed by atoms with Gasteiger partial charge in [-0.15, -0.1) is 24.0 Å². The molecule has 0 aliphatic heterocycles. The first kappa shape index (κ1) is 19.0. The highest BCUT2D eigenvalue weighted by Crippen LogP contribution is 2.28. The van der Waals surface area contributed by atoms with Gasteiger partial charge in [0.25, 0.3) is 0 Å². The molecule has 21 heavy (non-hydrogen) atoms. The Hall–Kier alpha value is -0.0400. The molecule has 2 saturated carbocycles. The summed E-state index contributed by atoms with van der Waals surface area (Å²) in [6, 6.07) is 0. The van der Waals surface area contributed by atoms with Gasteiger partial charge in [0.2, 0.25) is 0 Å². The Balaban J connectivity index is 0.00000220. The van der Waals surface area contributed by atoms with E-state index >= 15 is 0 Å². The lowest BCUT2D eigenvalue weighted by atomic mass is 9.98. The minimum absolute atomic E-state index is 0. The standard InChI is InChI=1S/C16H31N3O.HI/c1-2-17-16(19-13-14-9-10-14)18-11-6-12-20-15-7-4-3-5-8-15;/h14-15H,2-13H2,1H3,(H2,17,18,19);1H. The van der Waals surface area contributed by atoms with E-state index in [4.69, 9.17) is 4.74 Å². The van der Waals surface area contributed by atoms with Crippen LogP contribution in [0.2, 0.25) is 0 Å². The molecule has 4 nitrogen and oxygen atoms in total. The molecular formula is C16H32IN3O. The Morgan fingerprint density at radius 1 is 1.10 bits per heavy atom. The van der Waals surface area contributed by atoms with Crippen molar-refractivity contribution in [3.8, 4) is 0 Å². The normalized spacial score (nSPS) is 20.0. The van der Waals surface area contributed by atoms with Gasteiger partial charge in [0.1, 0.15) is 0 Å². The van der Waals surface area contributed by atoms with Crippen molar-refractivity contribution in [2.75, 3.05) is 26.2 Å². The average molecular weight is 409 g/mol. The summed E-state index contributed by atoms with van der Waals surface area (Å²) < 4.78 is 5.93. The lowest BCUT2D eigenvalue weighted by molar-refractivity contribution is 0.0277. The Morgan fingerprint density at radius 2 is 1.86 bits per heavy atom. The summed E-state index contributed by atoms with van der Waals surface area (Å²) in [4.78, 5) is 4.62. The van der Waals surface area contributed by atoms with Gasteiger partial charge in [-0.05, 0) is 44.9 Å². The van der Waals surface area contributed by atoms with Gasteiger partial charge in [-0.2, -0.15) is 0 Å². The van der Waals surface area contributed by atoms with E-state index in [0.29, 0.717) is 6.10 Å². The monoisotopic (exact) mass is 409 g/mol. The van der Waals surface area contributed by atoms with Crippen molar-refractivity contribution in [1.29, 1.82) is 0 Å². The Labute approximate surface area is 146 Å². The largest absolute Gasteiger partial charge is 0.378 e. The molecule has 0 unspecified atom stereocenters. The van der Waals surface area contributed by atoms with Crippen molar-refractivity contribution >= 4 is 29.9 Å². The Kier molecular flexibility index (Phi) is 10.4. The maximum absolute atomic E-state index is 5.93. The summed E-state index contributed by atoms with van der Waals surface area (Å²) in [5.41, 5.74) is 0. The molecule has 0 heterocycles. The summed E-state index contributed by atoms with van der Waals surface area (Å²) >= 11 is 0. The molecule has 2 fully saturated rings. The molecule has 0 radical (unpaired) electrons. The highest BCUT2D eigenvalue weighted by Gasteiger charge is 2.20. The van der Waals surface area contributed by atoms with Crippen molar-refractivity contribution in [3.63, 3.8) is 0 Å². The molecule has 2 aliphatic carbocycles. The van der Waals surface area contributed by atoms with Gasteiger partial charge in [-0.1, -0.05) is 19.3 Å². The minimum atomic E-state index is 0. The number of guanidine groups is 1. The van der Waals surface area contributed by atoms with Gasteiger partial charge in [-0.25, -0.2) is 0 Å². The SMILES string of the molecule is CCNC(=NCC1CC1)NCCCOC1CCCCC1.I. The molecular weight excluding hydrogens is 377 g/mol. The molecule has 0 aromatic rings. The fraction of sp³-hybridized carbons (Fsp3) is 0.938. The van der Waals surface area contributed by atoms with Crippen LogP contribution in [0.5, 0.6) is 0 Å². The molecule has 0 saturated heterocycles. The zero-order chi connectivity index (χ0) is 14.0. The van der Waals surface area contributed by atoms with Crippen LogP contribution in [0, 0.1) is 5.92 Å². The number of halogens is 1. The summed E-state index contributed by atoms with van der Waals surface area (Å²) in [5, 5.41) is 6.70. The van der Waals surface area contributed by atoms with Gasteiger partial charge in [0, 0.05) is 26.2 Å². The second-order valence-corrected chi connectivity index (χ2v) is 6.07. The maximum atomic E-state index is 5.93. The zero-order valence-electron chi connectivity index (χ0n) is 13.4. The van der Waals surface area contributed by atoms with E-state index in [1.165, 1.54) is 44.9 Å². The van der Waals surface area contributed by atoms with E-state index in [2.05, 4.69) is 22.5 Å². The summed E-state index contributed by atoms with van der Waals surface area (Å²) in [7, 11) is 0. The maximum Gasteiger partial charge on any atom is 0.191 e. The van der Waals surface area contributed by atoms with E-state index in [1.54, 1.807) is 0 Å². The Morgan fingerprint density at radius 3 is 2.52 bits per heavy atom. The molecule has 0 spiro atoms. The van der Waals surface area contributed by atoms with Crippen LogP contribution in [-0.4, -0.2) is 38.3 Å². The quantitative estimate of drug-likeness (QED) is 0.280. The number of nitrogens with one attached hydrogen (secondary N) is 2. The fourth-order valence-electron chi connectivity index (χ4n) is 2.62. The van der Waals surface area contributed by atoms with Gasteiger partial charge in [-0.3, -0.25) is 4.99 Å². The van der Waals surface area contributed by atoms with Crippen LogP contribution in [0.1, 0.15) is 58.3 Å². The van der Waals surface area contributed by atoms with Crippen LogP contribution >= 0.6 is 24.0 Å². The predicted octanol–water partition coefficient (Wildman–Crippen LogP) is 3.31. The van der Waals surface area contributed by atoms with Crippen molar-refractivity contribution in [2.24, 2.45) is 10.9 Å². The summed E-state index contributed by atoms with van der Waals surface area (Å²) in [6.07, 6.45) is 10.9. The molecule has 0 amide bonds. The Bertz CT molecular complexity index is 289. The number of rotatable bonds is 8. The third kappa shape index (κ3) is 8.86. The van der Waals surface area contributed by atoms with Crippen LogP contribution < -0.4 is 10.6 Å². The van der Waals surface area contributed by atoms with E-state index in [0.717, 1.165) is 44.5 Å².